The highest BCUT2D eigenvalue weighted by molar-refractivity contribution is 5.92. The molecule has 0 bridgehead atoms. The first kappa shape index (κ1) is 22.8. The van der Waals surface area contributed by atoms with Crippen LogP contribution in [-0.2, 0) is 0 Å². The molecule has 3 heterocycles. The van der Waals surface area contributed by atoms with Gasteiger partial charge in [0.1, 0.15) is 0 Å². The fourth-order valence-electron chi connectivity index (χ4n) is 4.51. The summed E-state index contributed by atoms with van der Waals surface area (Å²) in [6.45, 7) is 9.57. The van der Waals surface area contributed by atoms with Crippen molar-refractivity contribution < 1.29 is 0 Å². The lowest BCUT2D eigenvalue weighted by molar-refractivity contribution is 0.271. The van der Waals surface area contributed by atoms with E-state index in [1.165, 1.54) is 5.69 Å². The third-order valence-electron chi connectivity index (χ3n) is 6.62. The van der Waals surface area contributed by atoms with Crippen LogP contribution in [0.1, 0.15) is 26.3 Å². The molecule has 1 saturated heterocycles. The number of fused-ring (bicyclic) bond motifs is 1. The van der Waals surface area contributed by atoms with Crippen LogP contribution >= 0.6 is 0 Å². The lowest BCUT2D eigenvalue weighted by Crippen LogP contribution is -2.46. The van der Waals surface area contributed by atoms with E-state index in [-0.39, 0.29) is 6.04 Å². The predicted molar refractivity (Wildman–Crippen MR) is 140 cm³/mol. The van der Waals surface area contributed by atoms with Gasteiger partial charge < -0.3 is 15.1 Å². The van der Waals surface area contributed by atoms with Crippen LogP contribution in [-0.4, -0.2) is 57.4 Å². The molecule has 1 fully saturated rings. The van der Waals surface area contributed by atoms with E-state index in [9.17, 15) is 0 Å². The SMILES string of the molecule is CCN1CCN(c2cccc(Nc3ncc4cccc(-c5ccn(C(C)CC#N)n5)c4n3)c2)CC1. The first-order valence-corrected chi connectivity index (χ1v) is 12.2. The number of nitriles is 1. The molecule has 8 nitrogen and oxygen atoms in total. The van der Waals surface area contributed by atoms with Crippen LogP contribution in [0.3, 0.4) is 0 Å². The number of hydrogen-bond acceptors (Lipinski definition) is 7. The molecule has 35 heavy (non-hydrogen) atoms. The molecule has 2 aromatic heterocycles. The number of nitrogens with one attached hydrogen (secondary N) is 1. The highest BCUT2D eigenvalue weighted by atomic mass is 15.3. The molecular weight excluding hydrogens is 436 g/mol. The van der Waals surface area contributed by atoms with Gasteiger partial charge in [-0.25, -0.2) is 9.97 Å². The van der Waals surface area contributed by atoms with Gasteiger partial charge in [0.25, 0.3) is 0 Å². The molecule has 0 aliphatic carbocycles. The maximum absolute atomic E-state index is 9.01. The van der Waals surface area contributed by atoms with Crippen LogP contribution in [0.25, 0.3) is 22.2 Å². The van der Waals surface area contributed by atoms with Crippen molar-refractivity contribution >= 4 is 28.2 Å². The summed E-state index contributed by atoms with van der Waals surface area (Å²) < 4.78 is 1.84. The van der Waals surface area contributed by atoms with E-state index in [1.807, 2.05) is 54.3 Å². The Kier molecular flexibility index (Phi) is 6.59. The van der Waals surface area contributed by atoms with Gasteiger partial charge in [-0.05, 0) is 37.7 Å². The average molecular weight is 467 g/mol. The lowest BCUT2D eigenvalue weighted by Gasteiger charge is -2.35. The average Bonchev–Trinajstić information content (AvgIpc) is 3.39. The summed E-state index contributed by atoms with van der Waals surface area (Å²) >= 11 is 0. The third-order valence-corrected chi connectivity index (χ3v) is 6.62. The van der Waals surface area contributed by atoms with E-state index in [2.05, 4.69) is 51.3 Å². The molecule has 1 N–H and O–H groups in total. The summed E-state index contributed by atoms with van der Waals surface area (Å²) in [6.07, 6.45) is 4.18. The van der Waals surface area contributed by atoms with Crippen molar-refractivity contribution in [3.63, 3.8) is 0 Å². The Balaban J connectivity index is 1.39. The number of nitrogens with zero attached hydrogens (tertiary/aromatic N) is 7. The van der Waals surface area contributed by atoms with Crippen molar-refractivity contribution in [1.29, 1.82) is 5.26 Å². The van der Waals surface area contributed by atoms with Crippen LogP contribution in [0.5, 0.6) is 0 Å². The summed E-state index contributed by atoms with van der Waals surface area (Å²) in [5.74, 6) is 0.551. The normalized spacial score (nSPS) is 15.2. The van der Waals surface area contributed by atoms with Crippen molar-refractivity contribution in [2.75, 3.05) is 42.9 Å². The number of benzene rings is 2. The molecule has 0 radical (unpaired) electrons. The Hall–Kier alpha value is -3.96. The van der Waals surface area contributed by atoms with Gasteiger partial charge in [0.15, 0.2) is 0 Å². The van der Waals surface area contributed by atoms with Crippen molar-refractivity contribution in [1.82, 2.24) is 24.6 Å². The zero-order valence-corrected chi connectivity index (χ0v) is 20.2. The quantitative estimate of drug-likeness (QED) is 0.416. The van der Waals surface area contributed by atoms with Gasteiger partial charge in [0.2, 0.25) is 5.95 Å². The minimum absolute atomic E-state index is 0.0211. The van der Waals surface area contributed by atoms with Gasteiger partial charge in [-0.1, -0.05) is 31.2 Å². The van der Waals surface area contributed by atoms with Gasteiger partial charge in [0, 0.05) is 60.9 Å². The van der Waals surface area contributed by atoms with Gasteiger partial charge >= 0.3 is 0 Å². The highest BCUT2D eigenvalue weighted by Crippen LogP contribution is 2.28. The van der Waals surface area contributed by atoms with E-state index < -0.39 is 0 Å². The van der Waals surface area contributed by atoms with Gasteiger partial charge in [-0.3, -0.25) is 4.68 Å². The molecule has 0 amide bonds. The highest BCUT2D eigenvalue weighted by Gasteiger charge is 2.16. The van der Waals surface area contributed by atoms with Gasteiger partial charge in [0.05, 0.1) is 29.7 Å². The van der Waals surface area contributed by atoms with E-state index in [0.717, 1.165) is 60.6 Å². The summed E-state index contributed by atoms with van der Waals surface area (Å²) in [5, 5.41) is 18.1. The summed E-state index contributed by atoms with van der Waals surface area (Å²) in [7, 11) is 0. The van der Waals surface area contributed by atoms with Gasteiger partial charge in [-0.15, -0.1) is 0 Å². The largest absolute Gasteiger partial charge is 0.369 e. The monoisotopic (exact) mass is 466 g/mol. The second kappa shape index (κ2) is 10.1. The van der Waals surface area contributed by atoms with Crippen LogP contribution < -0.4 is 10.2 Å². The van der Waals surface area contributed by atoms with Crippen LogP contribution in [0, 0.1) is 11.3 Å². The van der Waals surface area contributed by atoms with Crippen molar-refractivity contribution in [3.8, 4) is 17.3 Å². The number of rotatable bonds is 7. The maximum atomic E-state index is 9.01. The summed E-state index contributed by atoms with van der Waals surface area (Å²) in [4.78, 5) is 14.3. The lowest BCUT2D eigenvalue weighted by atomic mass is 10.1. The molecule has 1 atom stereocenters. The molecule has 4 aromatic rings. The van der Waals surface area contributed by atoms with Crippen LogP contribution in [0.15, 0.2) is 60.9 Å². The summed E-state index contributed by atoms with van der Waals surface area (Å²) in [5.41, 5.74) is 4.79. The minimum atomic E-state index is 0.0211. The molecule has 0 saturated carbocycles. The Morgan fingerprint density at radius 1 is 1.09 bits per heavy atom. The predicted octanol–water partition coefficient (Wildman–Crippen LogP) is 4.85. The maximum Gasteiger partial charge on any atom is 0.227 e. The number of likely N-dealkylation sites (N-methyl/N-ethyl adjacent to an activating group) is 1. The first-order valence-electron chi connectivity index (χ1n) is 12.2. The number of anilines is 3. The third kappa shape index (κ3) is 4.96. The zero-order chi connectivity index (χ0) is 24.2. The number of para-hydroxylation sites is 1. The topological polar surface area (TPSA) is 85.9 Å². The van der Waals surface area contributed by atoms with Crippen molar-refractivity contribution in [3.05, 3.63) is 60.9 Å². The zero-order valence-electron chi connectivity index (χ0n) is 20.2. The Bertz CT molecular complexity index is 1350. The molecule has 1 aliphatic rings. The van der Waals surface area contributed by atoms with E-state index in [0.29, 0.717) is 12.4 Å². The second-order valence-corrected chi connectivity index (χ2v) is 8.93. The molecule has 5 rings (SSSR count). The number of piperazine rings is 1. The molecule has 1 aliphatic heterocycles. The van der Waals surface area contributed by atoms with Crippen molar-refractivity contribution in [2.24, 2.45) is 0 Å². The number of hydrogen-bond donors (Lipinski definition) is 1. The molecule has 0 spiro atoms. The van der Waals surface area contributed by atoms with E-state index >= 15 is 0 Å². The second-order valence-electron chi connectivity index (χ2n) is 8.93. The fraction of sp³-hybridized carbons (Fsp3) is 0.333. The Morgan fingerprint density at radius 2 is 1.91 bits per heavy atom. The molecule has 1 unspecified atom stereocenters. The molecule has 2 aromatic carbocycles. The standard InChI is InChI=1S/C27H30N8/c1-3-33-14-16-34(17-15-33)23-8-5-7-22(18-23)30-27-29-19-21-6-4-9-24(26(21)31-27)25-11-13-35(32-25)20(2)10-12-28/h4-9,11,13,18-20H,3,10,14-17H2,1-2H3,(H,29,30,31). The van der Waals surface area contributed by atoms with E-state index in [1.54, 1.807) is 0 Å². The summed E-state index contributed by atoms with van der Waals surface area (Å²) in [6, 6.07) is 18.7. The van der Waals surface area contributed by atoms with Crippen LogP contribution in [0.4, 0.5) is 17.3 Å². The Labute approximate surface area is 205 Å². The van der Waals surface area contributed by atoms with Crippen LogP contribution in [0.2, 0.25) is 0 Å². The molecular formula is C27H30N8. The number of aromatic nitrogens is 4. The van der Waals surface area contributed by atoms with E-state index in [4.69, 9.17) is 15.3 Å². The van der Waals surface area contributed by atoms with Gasteiger partial charge in [-0.2, -0.15) is 10.4 Å². The smallest absolute Gasteiger partial charge is 0.227 e. The fourth-order valence-corrected chi connectivity index (χ4v) is 4.51. The minimum Gasteiger partial charge on any atom is -0.369 e. The molecule has 178 valence electrons. The van der Waals surface area contributed by atoms with Crippen molar-refractivity contribution in [2.45, 2.75) is 26.3 Å². The first-order chi connectivity index (χ1) is 17.1. The molecule has 8 heteroatoms. The Morgan fingerprint density at radius 3 is 2.71 bits per heavy atom.